The molecule has 4 N–H and O–H groups in total. The molecule has 2 atom stereocenters. The van der Waals surface area contributed by atoms with Crippen molar-refractivity contribution in [2.45, 2.75) is 32.7 Å². The number of ether oxygens (including phenoxy) is 4. The molecule has 16 heteroatoms. The second-order valence-corrected chi connectivity index (χ2v) is 11.2. The summed E-state index contributed by atoms with van der Waals surface area (Å²) in [5, 5.41) is 32.0. The van der Waals surface area contributed by atoms with E-state index in [1.807, 2.05) is 0 Å². The van der Waals surface area contributed by atoms with Crippen molar-refractivity contribution in [3.8, 4) is 17.2 Å². The third kappa shape index (κ3) is 9.12. The summed E-state index contributed by atoms with van der Waals surface area (Å²) in [7, 11) is 1.25. The lowest BCUT2D eigenvalue weighted by atomic mass is 9.95. The molecule has 0 fully saturated rings. The van der Waals surface area contributed by atoms with Gasteiger partial charge in [0.15, 0.2) is 17.7 Å². The molecule has 0 aromatic heterocycles. The number of methoxy groups -OCH3 is 1. The molecule has 1 aliphatic heterocycles. The van der Waals surface area contributed by atoms with Crippen LogP contribution < -0.4 is 30.3 Å². The minimum Gasteiger partial charge on any atom is -0.490 e. The van der Waals surface area contributed by atoms with E-state index in [2.05, 4.69) is 37.1 Å². The van der Waals surface area contributed by atoms with Crippen LogP contribution in [0.15, 0.2) is 75.4 Å². The molecule has 0 spiro atoms. The first-order chi connectivity index (χ1) is 22.5. The van der Waals surface area contributed by atoms with Crippen LogP contribution in [0.1, 0.15) is 36.6 Å². The summed E-state index contributed by atoms with van der Waals surface area (Å²) in [6.45, 7) is 3.47. The summed E-state index contributed by atoms with van der Waals surface area (Å²) in [6, 6.07) is 13.4. The molecule has 0 bridgehead atoms. The fraction of sp³-hybridized carbons (Fsp3) is 0.258. The van der Waals surface area contributed by atoms with E-state index in [0.717, 1.165) is 5.56 Å². The number of urea groups is 1. The van der Waals surface area contributed by atoms with Gasteiger partial charge in [-0.05, 0) is 71.2 Å². The minimum absolute atomic E-state index is 0.0415. The number of allylic oxidation sites excluding steroid dienone is 1. The average molecular weight is 733 g/mol. The van der Waals surface area contributed by atoms with Gasteiger partial charge in [-0.15, -0.1) is 0 Å². The number of amides is 2. The van der Waals surface area contributed by atoms with Gasteiger partial charge in [0.1, 0.15) is 13.2 Å². The SMILES string of the molecule is CCOc1cc([C@@H]2NC(=O)NC(C)=C2C(=O)OC)ccc1OC[C@@H](O)N/N=C/c1cc(Br)c(OCc2cccc(Cl)c2)c([N+](=O)[O-])c1. The number of carbonyl (C=O) groups excluding carboxylic acids is 2. The van der Waals surface area contributed by atoms with Crippen molar-refractivity contribution >= 4 is 51.4 Å². The van der Waals surface area contributed by atoms with Crippen LogP contribution >= 0.6 is 27.5 Å². The number of hydrogen-bond acceptors (Lipinski definition) is 11. The van der Waals surface area contributed by atoms with Crippen molar-refractivity contribution in [2.24, 2.45) is 5.10 Å². The summed E-state index contributed by atoms with van der Waals surface area (Å²) in [5.41, 5.74) is 4.45. The molecule has 47 heavy (non-hydrogen) atoms. The van der Waals surface area contributed by atoms with E-state index in [1.54, 1.807) is 62.4 Å². The summed E-state index contributed by atoms with van der Waals surface area (Å²) >= 11 is 9.33. The first-order valence-electron chi connectivity index (χ1n) is 14.1. The van der Waals surface area contributed by atoms with Gasteiger partial charge in [0.25, 0.3) is 0 Å². The number of rotatable bonds is 14. The van der Waals surface area contributed by atoms with Crippen LogP contribution in [0.4, 0.5) is 10.5 Å². The predicted octanol–water partition coefficient (Wildman–Crippen LogP) is 5.11. The average Bonchev–Trinajstić information content (AvgIpc) is 3.03. The number of nitrogens with one attached hydrogen (secondary N) is 3. The van der Waals surface area contributed by atoms with Gasteiger partial charge in [-0.3, -0.25) is 15.5 Å². The number of carbonyl (C=O) groups is 2. The summed E-state index contributed by atoms with van der Waals surface area (Å²) in [6.07, 6.45) is 0.0171. The number of hydrogen-bond donors (Lipinski definition) is 4. The maximum absolute atomic E-state index is 12.4. The van der Waals surface area contributed by atoms with Gasteiger partial charge in [0.2, 0.25) is 5.75 Å². The molecule has 14 nitrogen and oxygen atoms in total. The van der Waals surface area contributed by atoms with Gasteiger partial charge < -0.3 is 34.7 Å². The zero-order valence-electron chi connectivity index (χ0n) is 25.4. The molecule has 0 saturated heterocycles. The van der Waals surface area contributed by atoms with Crippen LogP contribution in [-0.2, 0) is 16.1 Å². The number of benzene rings is 3. The van der Waals surface area contributed by atoms with Crippen molar-refractivity contribution < 1.29 is 38.6 Å². The van der Waals surface area contributed by atoms with Gasteiger partial charge in [0.05, 0.1) is 40.9 Å². The maximum atomic E-state index is 12.4. The van der Waals surface area contributed by atoms with Gasteiger partial charge in [-0.2, -0.15) is 5.10 Å². The van der Waals surface area contributed by atoms with Crippen LogP contribution in [0.25, 0.3) is 0 Å². The topological polar surface area (TPSA) is 183 Å². The Labute approximate surface area is 283 Å². The molecular weight excluding hydrogens is 702 g/mol. The van der Waals surface area contributed by atoms with Crippen molar-refractivity contribution in [2.75, 3.05) is 20.3 Å². The number of nitro benzene ring substituents is 1. The summed E-state index contributed by atoms with van der Waals surface area (Å²) in [5.74, 6) is 0.0343. The monoisotopic (exact) mass is 731 g/mol. The molecule has 3 aromatic carbocycles. The van der Waals surface area contributed by atoms with E-state index in [-0.39, 0.29) is 42.6 Å². The Morgan fingerprint density at radius 1 is 1.19 bits per heavy atom. The number of nitrogens with zero attached hydrogens (tertiary/aromatic N) is 2. The highest BCUT2D eigenvalue weighted by Gasteiger charge is 2.32. The van der Waals surface area contributed by atoms with Crippen molar-refractivity contribution in [1.82, 2.24) is 16.1 Å². The number of aliphatic hydroxyl groups excluding tert-OH is 1. The first kappa shape index (κ1) is 35.0. The fourth-order valence-electron chi connectivity index (χ4n) is 4.55. The number of halogens is 2. The van der Waals surface area contributed by atoms with E-state index in [1.165, 1.54) is 19.4 Å². The smallest absolute Gasteiger partial charge is 0.337 e. The summed E-state index contributed by atoms with van der Waals surface area (Å²) in [4.78, 5) is 35.8. The Morgan fingerprint density at radius 2 is 1.98 bits per heavy atom. The molecule has 1 heterocycles. The van der Waals surface area contributed by atoms with Crippen molar-refractivity contribution in [1.29, 1.82) is 0 Å². The Balaban J connectivity index is 1.41. The fourth-order valence-corrected chi connectivity index (χ4v) is 5.35. The van der Waals surface area contributed by atoms with Crippen LogP contribution in [0.3, 0.4) is 0 Å². The molecule has 0 aliphatic carbocycles. The number of nitro groups is 1. The minimum atomic E-state index is -1.28. The number of aliphatic hydroxyl groups is 1. The second kappa shape index (κ2) is 16.1. The molecule has 0 radical (unpaired) electrons. The quantitative estimate of drug-likeness (QED) is 0.0572. The Hall–Kier alpha value is -4.86. The lowest BCUT2D eigenvalue weighted by molar-refractivity contribution is -0.386. The Bertz CT molecular complexity index is 1720. The predicted molar refractivity (Wildman–Crippen MR) is 176 cm³/mol. The highest BCUT2D eigenvalue weighted by molar-refractivity contribution is 9.10. The lowest BCUT2D eigenvalue weighted by Crippen LogP contribution is -2.45. The molecular formula is C31H31BrClN5O9. The van der Waals surface area contributed by atoms with Crippen molar-refractivity contribution in [3.63, 3.8) is 0 Å². The third-order valence-electron chi connectivity index (χ3n) is 6.62. The third-order valence-corrected chi connectivity index (χ3v) is 7.45. The van der Waals surface area contributed by atoms with Gasteiger partial charge >= 0.3 is 17.7 Å². The molecule has 3 aromatic rings. The van der Waals surface area contributed by atoms with Crippen molar-refractivity contribution in [3.05, 3.63) is 102 Å². The van der Waals surface area contributed by atoms with E-state index in [9.17, 15) is 24.8 Å². The number of esters is 1. The largest absolute Gasteiger partial charge is 0.490 e. The van der Waals surface area contributed by atoms with Crippen LogP contribution in [-0.4, -0.2) is 54.8 Å². The molecule has 248 valence electrons. The van der Waals surface area contributed by atoms with E-state index in [4.69, 9.17) is 30.5 Å². The van der Waals surface area contributed by atoms with E-state index in [0.29, 0.717) is 32.1 Å². The molecule has 4 rings (SSSR count). The molecule has 2 amide bonds. The summed E-state index contributed by atoms with van der Waals surface area (Å²) < 4.78 is 22.4. The molecule has 0 unspecified atom stereocenters. The Morgan fingerprint density at radius 3 is 2.68 bits per heavy atom. The maximum Gasteiger partial charge on any atom is 0.337 e. The normalized spacial score (nSPS) is 15.0. The lowest BCUT2D eigenvalue weighted by Gasteiger charge is -2.28. The van der Waals surface area contributed by atoms with Crippen LogP contribution in [0, 0.1) is 10.1 Å². The Kier molecular flexibility index (Phi) is 12.0. The van der Waals surface area contributed by atoms with E-state index >= 15 is 0 Å². The molecule has 1 aliphatic rings. The highest BCUT2D eigenvalue weighted by Crippen LogP contribution is 2.37. The van der Waals surface area contributed by atoms with Crippen LogP contribution in [0.2, 0.25) is 5.02 Å². The van der Waals surface area contributed by atoms with Gasteiger partial charge in [-0.25, -0.2) is 9.59 Å². The van der Waals surface area contributed by atoms with Crippen LogP contribution in [0.5, 0.6) is 17.2 Å². The highest BCUT2D eigenvalue weighted by atomic mass is 79.9. The van der Waals surface area contributed by atoms with Gasteiger partial charge in [-0.1, -0.05) is 29.8 Å². The van der Waals surface area contributed by atoms with E-state index < -0.39 is 29.2 Å². The first-order valence-corrected chi connectivity index (χ1v) is 15.3. The van der Waals surface area contributed by atoms with Gasteiger partial charge in [0, 0.05) is 22.3 Å². The zero-order chi connectivity index (χ0) is 34.1. The standard InChI is InChI=1S/C31H31BrClN5O9/c1-4-45-25-13-20(28-27(30(40)44-3)17(2)35-31(41)36-28)8-9-24(25)46-16-26(39)37-34-14-19-11-22(32)29(23(12-19)38(42)43)47-15-18-6-5-7-21(33)10-18/h5-14,26,28,37,39H,4,15-16H2,1-3H3,(H2,35,36,41)/b34-14+/t26-,28+/m1/s1. The second-order valence-electron chi connectivity index (χ2n) is 9.94. The number of hydrazone groups is 1. The zero-order valence-corrected chi connectivity index (χ0v) is 27.8. The molecule has 0 saturated carbocycles.